The van der Waals surface area contributed by atoms with Crippen molar-refractivity contribution in [2.75, 3.05) is 33.5 Å². The summed E-state index contributed by atoms with van der Waals surface area (Å²) < 4.78 is 14.6. The second kappa shape index (κ2) is 9.28. The molecule has 0 unspecified atom stereocenters. The largest absolute Gasteiger partial charge is 0.444 e. The molecule has 0 saturated carbocycles. The van der Waals surface area contributed by atoms with Crippen molar-refractivity contribution in [1.29, 1.82) is 0 Å². The lowest BCUT2D eigenvalue weighted by Gasteiger charge is -2.01. The Labute approximate surface area is 67.6 Å². The maximum absolute atomic E-state index is 5.14. The van der Waals surface area contributed by atoms with Crippen LogP contribution in [-0.4, -0.2) is 33.5 Å². The second-order valence-electron chi connectivity index (χ2n) is 1.93. The summed E-state index contributed by atoms with van der Waals surface area (Å²) in [4.78, 5) is 0. The Hall–Kier alpha value is -0.720. The van der Waals surface area contributed by atoms with Gasteiger partial charge in [-0.05, 0) is 6.42 Å². The minimum Gasteiger partial charge on any atom is -0.444 e. The Morgan fingerprint density at radius 2 is 2.00 bits per heavy atom. The summed E-state index contributed by atoms with van der Waals surface area (Å²) in [6, 6.07) is 0. The number of methoxy groups -OCH3 is 1. The first-order valence-electron chi connectivity index (χ1n) is 3.56. The van der Waals surface area contributed by atoms with Gasteiger partial charge in [-0.3, -0.25) is 0 Å². The van der Waals surface area contributed by atoms with Crippen molar-refractivity contribution in [2.24, 2.45) is 0 Å². The van der Waals surface area contributed by atoms with E-state index in [1.54, 1.807) is 7.11 Å². The first-order valence-corrected chi connectivity index (χ1v) is 3.56. The highest BCUT2D eigenvalue weighted by atomic mass is 16.5. The van der Waals surface area contributed by atoms with E-state index in [1.807, 2.05) is 0 Å². The normalized spacial score (nSPS) is 9.09. The third-order valence-electron chi connectivity index (χ3n) is 1.05. The van der Waals surface area contributed by atoms with Gasteiger partial charge in [0.1, 0.15) is 12.7 Å². The Balaban J connectivity index is 2.75. The standard InChI is InChI=1S/C8H14O3/c1-3-10-7-8-11-6-4-5-9-2/h1H,4-8H2,2H3. The van der Waals surface area contributed by atoms with Crippen LogP contribution in [0.2, 0.25) is 0 Å². The summed E-state index contributed by atoms with van der Waals surface area (Å²) in [6.45, 7) is 2.44. The van der Waals surface area contributed by atoms with Crippen molar-refractivity contribution in [1.82, 2.24) is 0 Å². The molecule has 0 rings (SSSR count). The molecule has 0 N–H and O–H groups in total. The molecule has 0 fully saturated rings. The van der Waals surface area contributed by atoms with E-state index in [0.29, 0.717) is 19.8 Å². The average molecular weight is 158 g/mol. The molecule has 3 heteroatoms. The number of rotatable bonds is 7. The van der Waals surface area contributed by atoms with Crippen molar-refractivity contribution in [3.05, 3.63) is 0 Å². The fourth-order valence-electron chi connectivity index (χ4n) is 0.567. The van der Waals surface area contributed by atoms with Gasteiger partial charge in [0.05, 0.1) is 6.61 Å². The highest BCUT2D eigenvalue weighted by Gasteiger charge is 1.87. The van der Waals surface area contributed by atoms with Crippen LogP contribution in [0.25, 0.3) is 0 Å². The Morgan fingerprint density at radius 3 is 2.64 bits per heavy atom. The lowest BCUT2D eigenvalue weighted by molar-refractivity contribution is 0.0741. The summed E-state index contributed by atoms with van der Waals surface area (Å²) >= 11 is 0. The SMILES string of the molecule is C#COCCOCCCOC. The zero-order valence-electron chi connectivity index (χ0n) is 6.84. The van der Waals surface area contributed by atoms with Gasteiger partial charge in [0.25, 0.3) is 0 Å². The number of ether oxygens (including phenoxy) is 3. The highest BCUT2D eigenvalue weighted by molar-refractivity contribution is 4.67. The Bertz CT molecular complexity index is 106. The molecule has 0 aromatic heterocycles. The van der Waals surface area contributed by atoms with Crippen LogP contribution < -0.4 is 0 Å². The molecular weight excluding hydrogens is 144 g/mol. The van der Waals surface area contributed by atoms with Crippen LogP contribution in [0, 0.1) is 12.5 Å². The van der Waals surface area contributed by atoms with Gasteiger partial charge in [-0.1, -0.05) is 6.42 Å². The second-order valence-corrected chi connectivity index (χ2v) is 1.93. The van der Waals surface area contributed by atoms with Gasteiger partial charge in [-0.15, -0.1) is 0 Å². The van der Waals surface area contributed by atoms with E-state index in [2.05, 4.69) is 10.8 Å². The maximum atomic E-state index is 5.14. The Morgan fingerprint density at radius 1 is 1.18 bits per heavy atom. The first kappa shape index (κ1) is 10.3. The van der Waals surface area contributed by atoms with E-state index in [4.69, 9.17) is 15.9 Å². The molecule has 0 amide bonds. The summed E-state index contributed by atoms with van der Waals surface area (Å²) in [6.07, 6.45) is 7.82. The molecule has 0 aliphatic rings. The fraction of sp³-hybridized carbons (Fsp3) is 0.750. The zero-order valence-corrected chi connectivity index (χ0v) is 6.84. The lowest BCUT2D eigenvalue weighted by Crippen LogP contribution is -2.04. The molecule has 0 radical (unpaired) electrons. The van der Waals surface area contributed by atoms with Gasteiger partial charge in [-0.25, -0.2) is 0 Å². The minimum atomic E-state index is 0.462. The van der Waals surface area contributed by atoms with Gasteiger partial charge in [0.2, 0.25) is 0 Å². The van der Waals surface area contributed by atoms with Crippen LogP contribution >= 0.6 is 0 Å². The molecule has 0 saturated heterocycles. The summed E-state index contributed by atoms with van der Waals surface area (Å²) in [5.41, 5.74) is 0. The van der Waals surface area contributed by atoms with Crippen LogP contribution in [0.5, 0.6) is 0 Å². The molecule has 0 aromatic carbocycles. The molecule has 0 atom stereocenters. The van der Waals surface area contributed by atoms with Gasteiger partial charge >= 0.3 is 0 Å². The monoisotopic (exact) mass is 158 g/mol. The summed E-state index contributed by atoms with van der Waals surface area (Å²) in [5, 5.41) is 0. The van der Waals surface area contributed by atoms with Gasteiger partial charge in [-0.2, -0.15) is 0 Å². The molecule has 0 aliphatic carbocycles. The van der Waals surface area contributed by atoms with Crippen molar-refractivity contribution in [3.8, 4) is 12.5 Å². The fourth-order valence-corrected chi connectivity index (χ4v) is 0.567. The number of hydrogen-bond acceptors (Lipinski definition) is 3. The highest BCUT2D eigenvalue weighted by Crippen LogP contribution is 1.83. The number of hydrogen-bond donors (Lipinski definition) is 0. The molecule has 0 bridgehead atoms. The topological polar surface area (TPSA) is 27.7 Å². The van der Waals surface area contributed by atoms with Gasteiger partial charge in [0.15, 0.2) is 0 Å². The van der Waals surface area contributed by atoms with Crippen molar-refractivity contribution in [3.63, 3.8) is 0 Å². The molecule has 0 spiro atoms. The van der Waals surface area contributed by atoms with E-state index >= 15 is 0 Å². The van der Waals surface area contributed by atoms with E-state index < -0.39 is 0 Å². The van der Waals surface area contributed by atoms with Gasteiger partial charge < -0.3 is 14.2 Å². The van der Waals surface area contributed by atoms with E-state index in [1.165, 1.54) is 0 Å². The van der Waals surface area contributed by atoms with Crippen molar-refractivity contribution < 1.29 is 14.2 Å². The van der Waals surface area contributed by atoms with Crippen LogP contribution in [0.4, 0.5) is 0 Å². The van der Waals surface area contributed by atoms with Gasteiger partial charge in [0, 0.05) is 20.3 Å². The minimum absolute atomic E-state index is 0.462. The molecule has 0 heterocycles. The Kier molecular flexibility index (Phi) is 8.67. The summed E-state index contributed by atoms with van der Waals surface area (Å²) in [7, 11) is 1.67. The van der Waals surface area contributed by atoms with E-state index in [-0.39, 0.29) is 0 Å². The van der Waals surface area contributed by atoms with Crippen LogP contribution in [0.3, 0.4) is 0 Å². The molecular formula is C8H14O3. The van der Waals surface area contributed by atoms with Crippen LogP contribution in [0.1, 0.15) is 6.42 Å². The van der Waals surface area contributed by atoms with Crippen molar-refractivity contribution >= 4 is 0 Å². The van der Waals surface area contributed by atoms with Crippen LogP contribution in [0.15, 0.2) is 0 Å². The molecule has 3 nitrogen and oxygen atoms in total. The molecule has 64 valence electrons. The third kappa shape index (κ3) is 9.28. The molecule has 11 heavy (non-hydrogen) atoms. The maximum Gasteiger partial charge on any atom is 0.123 e. The predicted octanol–water partition coefficient (Wildman–Crippen LogP) is 0.647. The van der Waals surface area contributed by atoms with E-state index in [9.17, 15) is 0 Å². The zero-order chi connectivity index (χ0) is 8.36. The number of terminal acetylenes is 1. The third-order valence-corrected chi connectivity index (χ3v) is 1.05. The molecule has 0 aliphatic heterocycles. The first-order chi connectivity index (χ1) is 5.41. The van der Waals surface area contributed by atoms with Crippen LogP contribution in [-0.2, 0) is 14.2 Å². The smallest absolute Gasteiger partial charge is 0.123 e. The van der Waals surface area contributed by atoms with Crippen molar-refractivity contribution in [2.45, 2.75) is 6.42 Å². The lowest BCUT2D eigenvalue weighted by atomic mass is 10.5. The summed E-state index contributed by atoms with van der Waals surface area (Å²) in [5.74, 6) is 0. The van der Waals surface area contributed by atoms with E-state index in [0.717, 1.165) is 13.0 Å². The molecule has 0 aromatic rings. The quantitative estimate of drug-likeness (QED) is 0.402. The predicted molar refractivity (Wildman–Crippen MR) is 42.1 cm³/mol. The average Bonchev–Trinajstić information content (AvgIpc) is 2.03.